The molecule has 0 fully saturated rings. The van der Waals surface area contributed by atoms with Gasteiger partial charge < -0.3 is 9.84 Å². The van der Waals surface area contributed by atoms with Gasteiger partial charge in [-0.2, -0.15) is 0 Å². The Balaban J connectivity index is 1.69. The summed E-state index contributed by atoms with van der Waals surface area (Å²) in [6, 6.07) is 19.2. The summed E-state index contributed by atoms with van der Waals surface area (Å²) in [5, 5.41) is 10.5. The summed E-state index contributed by atoms with van der Waals surface area (Å²) < 4.78 is 5.98. The SMILES string of the molecule is CCCc1c(OCc2ccc(Cc3cccc(C(C)=O)c3)cc2)ccc(C(C)=O)c1O. The predicted octanol–water partition coefficient (Wildman–Crippen LogP) is 5.92. The minimum absolute atomic E-state index is 0.0231. The summed E-state index contributed by atoms with van der Waals surface area (Å²) >= 11 is 0. The van der Waals surface area contributed by atoms with Crippen molar-refractivity contribution >= 4 is 11.6 Å². The number of rotatable bonds is 9. The molecule has 3 aromatic rings. The first kappa shape index (κ1) is 22.3. The molecule has 31 heavy (non-hydrogen) atoms. The van der Waals surface area contributed by atoms with Crippen molar-refractivity contribution in [1.82, 2.24) is 0 Å². The lowest BCUT2D eigenvalue weighted by Gasteiger charge is -2.15. The monoisotopic (exact) mass is 416 g/mol. The number of carbonyl (C=O) groups excluding carboxylic acids is 2. The van der Waals surface area contributed by atoms with Gasteiger partial charge in [-0.15, -0.1) is 0 Å². The Bertz CT molecular complexity index is 1080. The second kappa shape index (κ2) is 10.1. The van der Waals surface area contributed by atoms with E-state index in [-0.39, 0.29) is 17.3 Å². The average Bonchev–Trinajstić information content (AvgIpc) is 2.75. The third kappa shape index (κ3) is 5.60. The molecule has 0 spiro atoms. The van der Waals surface area contributed by atoms with E-state index in [0.29, 0.717) is 29.9 Å². The van der Waals surface area contributed by atoms with Crippen molar-refractivity contribution in [3.05, 3.63) is 94.0 Å². The fraction of sp³-hybridized carbons (Fsp3) is 0.259. The summed E-state index contributed by atoms with van der Waals surface area (Å²) in [7, 11) is 0. The molecule has 0 heterocycles. The molecule has 160 valence electrons. The molecule has 4 heteroatoms. The molecule has 0 aliphatic carbocycles. The Morgan fingerprint density at radius 2 is 1.58 bits per heavy atom. The van der Waals surface area contributed by atoms with Gasteiger partial charge in [-0.3, -0.25) is 9.59 Å². The summed E-state index contributed by atoms with van der Waals surface area (Å²) in [6.07, 6.45) is 2.23. The lowest BCUT2D eigenvalue weighted by atomic mass is 10.0. The van der Waals surface area contributed by atoms with Crippen molar-refractivity contribution in [3.63, 3.8) is 0 Å². The number of phenolic OH excluding ortho intramolecular Hbond substituents is 1. The van der Waals surface area contributed by atoms with Crippen LogP contribution >= 0.6 is 0 Å². The van der Waals surface area contributed by atoms with Gasteiger partial charge in [0.2, 0.25) is 0 Å². The first-order valence-electron chi connectivity index (χ1n) is 10.5. The average molecular weight is 417 g/mol. The predicted molar refractivity (Wildman–Crippen MR) is 122 cm³/mol. The molecule has 1 N–H and O–H groups in total. The smallest absolute Gasteiger partial charge is 0.163 e. The van der Waals surface area contributed by atoms with Crippen molar-refractivity contribution < 1.29 is 19.4 Å². The highest BCUT2D eigenvalue weighted by molar-refractivity contribution is 5.97. The van der Waals surface area contributed by atoms with Gasteiger partial charge in [-0.05, 0) is 61.6 Å². The first-order chi connectivity index (χ1) is 14.9. The minimum atomic E-state index is -0.161. The number of hydrogen-bond acceptors (Lipinski definition) is 4. The van der Waals surface area contributed by atoms with Crippen molar-refractivity contribution in [2.45, 2.75) is 46.6 Å². The zero-order valence-electron chi connectivity index (χ0n) is 18.3. The van der Waals surface area contributed by atoms with E-state index in [4.69, 9.17) is 4.74 Å². The van der Waals surface area contributed by atoms with Crippen LogP contribution in [0.5, 0.6) is 11.5 Å². The van der Waals surface area contributed by atoms with Crippen molar-refractivity contribution in [2.75, 3.05) is 0 Å². The van der Waals surface area contributed by atoms with E-state index in [1.54, 1.807) is 19.1 Å². The maximum absolute atomic E-state index is 11.7. The molecule has 0 amide bonds. The van der Waals surface area contributed by atoms with E-state index in [1.807, 2.05) is 43.3 Å². The Hall–Kier alpha value is -3.40. The molecular weight excluding hydrogens is 388 g/mol. The first-order valence-corrected chi connectivity index (χ1v) is 10.5. The van der Waals surface area contributed by atoms with Crippen molar-refractivity contribution in [2.24, 2.45) is 0 Å². The number of carbonyl (C=O) groups is 2. The number of benzene rings is 3. The van der Waals surface area contributed by atoms with E-state index in [0.717, 1.165) is 35.1 Å². The van der Waals surface area contributed by atoms with Crippen LogP contribution in [0.1, 0.15) is 70.2 Å². The third-order valence-corrected chi connectivity index (χ3v) is 5.28. The number of ketones is 2. The van der Waals surface area contributed by atoms with Crippen LogP contribution in [-0.2, 0) is 19.4 Å². The molecule has 0 saturated carbocycles. The lowest BCUT2D eigenvalue weighted by Crippen LogP contribution is -2.02. The molecule has 0 aromatic heterocycles. The summed E-state index contributed by atoms with van der Waals surface area (Å²) in [6.45, 7) is 5.42. The van der Waals surface area contributed by atoms with Gasteiger partial charge in [0.25, 0.3) is 0 Å². The topological polar surface area (TPSA) is 63.6 Å². The molecule has 0 unspecified atom stereocenters. The molecule has 0 aliphatic heterocycles. The van der Waals surface area contributed by atoms with Crippen LogP contribution in [0.4, 0.5) is 0 Å². The van der Waals surface area contributed by atoms with E-state index < -0.39 is 0 Å². The molecule has 3 aromatic carbocycles. The Morgan fingerprint density at radius 3 is 2.23 bits per heavy atom. The molecule has 0 aliphatic rings. The number of aromatic hydroxyl groups is 1. The zero-order valence-corrected chi connectivity index (χ0v) is 18.3. The van der Waals surface area contributed by atoms with E-state index in [9.17, 15) is 14.7 Å². The highest BCUT2D eigenvalue weighted by Gasteiger charge is 2.16. The number of ether oxygens (including phenoxy) is 1. The Labute approximate surface area is 183 Å². The zero-order chi connectivity index (χ0) is 22.4. The van der Waals surface area contributed by atoms with Gasteiger partial charge in [0, 0.05) is 11.1 Å². The Kier molecular flexibility index (Phi) is 7.24. The van der Waals surface area contributed by atoms with Crippen molar-refractivity contribution in [3.8, 4) is 11.5 Å². The quantitative estimate of drug-likeness (QED) is 0.440. The molecule has 0 atom stereocenters. The van der Waals surface area contributed by atoms with Gasteiger partial charge in [0.05, 0.1) is 5.56 Å². The van der Waals surface area contributed by atoms with Crippen LogP contribution in [0.25, 0.3) is 0 Å². The van der Waals surface area contributed by atoms with E-state index >= 15 is 0 Å². The van der Waals surface area contributed by atoms with E-state index in [1.165, 1.54) is 6.92 Å². The van der Waals surface area contributed by atoms with Crippen LogP contribution in [0, 0.1) is 0 Å². The number of Topliss-reactive ketones (excluding diaryl/α,β-unsaturated/α-hetero) is 2. The lowest BCUT2D eigenvalue weighted by molar-refractivity contribution is 0.100. The fourth-order valence-electron chi connectivity index (χ4n) is 3.58. The normalized spacial score (nSPS) is 10.7. The molecule has 0 saturated heterocycles. The maximum Gasteiger partial charge on any atom is 0.163 e. The largest absolute Gasteiger partial charge is 0.507 e. The minimum Gasteiger partial charge on any atom is -0.507 e. The molecule has 0 bridgehead atoms. The van der Waals surface area contributed by atoms with Gasteiger partial charge in [0.1, 0.15) is 18.1 Å². The Morgan fingerprint density at radius 1 is 0.871 bits per heavy atom. The van der Waals surface area contributed by atoms with Crippen LogP contribution in [0.3, 0.4) is 0 Å². The molecule has 4 nitrogen and oxygen atoms in total. The summed E-state index contributed by atoms with van der Waals surface area (Å²) in [5.74, 6) is 0.537. The third-order valence-electron chi connectivity index (χ3n) is 5.28. The standard InChI is InChI=1S/C27H28O4/c1-4-6-25-26(14-13-24(19(3)29)27(25)30)31-17-21-11-9-20(10-12-21)15-22-7-5-8-23(16-22)18(2)28/h5,7-14,16,30H,4,6,15,17H2,1-3H3. The van der Waals surface area contributed by atoms with Crippen LogP contribution in [0.15, 0.2) is 60.7 Å². The van der Waals surface area contributed by atoms with Gasteiger partial charge >= 0.3 is 0 Å². The molecule has 0 radical (unpaired) electrons. The van der Waals surface area contributed by atoms with Crippen LogP contribution in [-0.4, -0.2) is 16.7 Å². The van der Waals surface area contributed by atoms with Gasteiger partial charge in [-0.1, -0.05) is 55.8 Å². The molecular formula is C27H28O4. The van der Waals surface area contributed by atoms with E-state index in [2.05, 4.69) is 12.1 Å². The summed E-state index contributed by atoms with van der Waals surface area (Å²) in [5.41, 5.74) is 5.00. The van der Waals surface area contributed by atoms with Crippen LogP contribution in [0.2, 0.25) is 0 Å². The fourth-order valence-corrected chi connectivity index (χ4v) is 3.58. The highest BCUT2D eigenvalue weighted by Crippen LogP contribution is 2.33. The maximum atomic E-state index is 11.7. The number of phenols is 1. The highest BCUT2D eigenvalue weighted by atomic mass is 16.5. The number of hydrogen-bond donors (Lipinski definition) is 1. The summed E-state index contributed by atoms with van der Waals surface area (Å²) in [4.78, 5) is 23.3. The molecule has 3 rings (SSSR count). The van der Waals surface area contributed by atoms with Gasteiger partial charge in [0.15, 0.2) is 11.6 Å². The van der Waals surface area contributed by atoms with Gasteiger partial charge in [-0.25, -0.2) is 0 Å². The second-order valence-corrected chi connectivity index (χ2v) is 7.78. The van der Waals surface area contributed by atoms with Crippen molar-refractivity contribution in [1.29, 1.82) is 0 Å². The van der Waals surface area contributed by atoms with Crippen LogP contribution < -0.4 is 4.74 Å². The second-order valence-electron chi connectivity index (χ2n) is 7.78.